The van der Waals surface area contributed by atoms with Crippen LogP contribution in [0.25, 0.3) is 0 Å². The van der Waals surface area contributed by atoms with Gasteiger partial charge in [0.05, 0.1) is 6.10 Å². The van der Waals surface area contributed by atoms with Crippen molar-refractivity contribution >= 4 is 0 Å². The van der Waals surface area contributed by atoms with Crippen LogP contribution in [0.5, 0.6) is 0 Å². The second kappa shape index (κ2) is 6.52. The van der Waals surface area contributed by atoms with Gasteiger partial charge in [0.2, 0.25) is 5.92 Å². The molecule has 0 amide bonds. The first-order valence-electron chi connectivity index (χ1n) is 8.71. The van der Waals surface area contributed by atoms with Gasteiger partial charge in [0.1, 0.15) is 0 Å². The van der Waals surface area contributed by atoms with E-state index in [1.54, 1.807) is 0 Å². The lowest BCUT2D eigenvalue weighted by molar-refractivity contribution is -0.0787. The molecule has 21 heavy (non-hydrogen) atoms. The van der Waals surface area contributed by atoms with Crippen LogP contribution < -0.4 is 0 Å². The number of ether oxygens (including phenoxy) is 1. The second-order valence-electron chi connectivity index (χ2n) is 8.16. The molecule has 0 bridgehead atoms. The van der Waals surface area contributed by atoms with Gasteiger partial charge in [-0.2, -0.15) is 0 Å². The van der Waals surface area contributed by atoms with E-state index >= 15 is 0 Å². The van der Waals surface area contributed by atoms with Gasteiger partial charge in [0, 0.05) is 19.4 Å². The Morgan fingerprint density at radius 1 is 1.10 bits per heavy atom. The molecule has 2 rings (SSSR count). The Hall–Kier alpha value is -0.180. The molecule has 2 fully saturated rings. The zero-order chi connectivity index (χ0) is 15.7. The van der Waals surface area contributed by atoms with Gasteiger partial charge in [-0.15, -0.1) is 0 Å². The molecule has 3 atom stereocenters. The van der Waals surface area contributed by atoms with Crippen molar-refractivity contribution in [3.63, 3.8) is 0 Å². The Bertz CT molecular complexity index is 332. The van der Waals surface area contributed by atoms with Crippen molar-refractivity contribution in [3.05, 3.63) is 0 Å². The molecule has 124 valence electrons. The minimum atomic E-state index is -2.41. The molecule has 1 saturated carbocycles. The summed E-state index contributed by atoms with van der Waals surface area (Å²) in [4.78, 5) is 0. The molecular formula is C18H32F2O. The zero-order valence-corrected chi connectivity index (χ0v) is 14.1. The Kier molecular flexibility index (Phi) is 5.33. The van der Waals surface area contributed by atoms with Crippen LogP contribution in [0, 0.1) is 23.2 Å². The number of hydrogen-bond donors (Lipinski definition) is 0. The number of hydrogen-bond acceptors (Lipinski definition) is 1. The molecule has 0 aromatic rings. The predicted molar refractivity (Wildman–Crippen MR) is 82.6 cm³/mol. The van der Waals surface area contributed by atoms with Crippen LogP contribution in [-0.2, 0) is 4.74 Å². The summed E-state index contributed by atoms with van der Waals surface area (Å²) in [6.07, 6.45) is 5.16. The third kappa shape index (κ3) is 4.40. The molecule has 1 saturated heterocycles. The van der Waals surface area contributed by atoms with Gasteiger partial charge in [-0.3, -0.25) is 0 Å². The fourth-order valence-corrected chi connectivity index (χ4v) is 4.05. The van der Waals surface area contributed by atoms with Crippen molar-refractivity contribution in [1.29, 1.82) is 0 Å². The summed E-state index contributed by atoms with van der Waals surface area (Å²) in [6, 6.07) is 0. The molecular weight excluding hydrogens is 270 g/mol. The summed E-state index contributed by atoms with van der Waals surface area (Å²) in [5.74, 6) is -0.776. The standard InChI is InChI=1S/C18H32F2O/c1-13(2)17(4)9-10-21-16(12-17)11-14(3)15-5-7-18(19,20)8-6-15/h13-16H,5-12H2,1-4H3. The van der Waals surface area contributed by atoms with Gasteiger partial charge in [-0.1, -0.05) is 27.7 Å². The van der Waals surface area contributed by atoms with E-state index < -0.39 is 5.92 Å². The van der Waals surface area contributed by atoms with Crippen molar-refractivity contribution in [2.45, 2.75) is 84.7 Å². The van der Waals surface area contributed by atoms with Crippen LogP contribution in [0.4, 0.5) is 8.78 Å². The first-order chi connectivity index (χ1) is 9.72. The van der Waals surface area contributed by atoms with Gasteiger partial charge >= 0.3 is 0 Å². The maximum atomic E-state index is 13.3. The fraction of sp³-hybridized carbons (Fsp3) is 1.00. The van der Waals surface area contributed by atoms with E-state index in [1.807, 2.05) is 0 Å². The Balaban J connectivity index is 1.84. The number of rotatable bonds is 4. The summed E-state index contributed by atoms with van der Waals surface area (Å²) in [5.41, 5.74) is 0.377. The van der Waals surface area contributed by atoms with Gasteiger partial charge in [-0.25, -0.2) is 8.78 Å². The topological polar surface area (TPSA) is 9.23 Å². The maximum absolute atomic E-state index is 13.3. The molecule has 0 aromatic carbocycles. The van der Waals surface area contributed by atoms with Gasteiger partial charge in [-0.05, 0) is 55.3 Å². The summed E-state index contributed by atoms with van der Waals surface area (Å²) in [7, 11) is 0. The fourth-order valence-electron chi connectivity index (χ4n) is 4.05. The highest BCUT2D eigenvalue weighted by atomic mass is 19.3. The molecule has 1 heterocycles. The first kappa shape index (κ1) is 17.2. The second-order valence-corrected chi connectivity index (χ2v) is 8.16. The van der Waals surface area contributed by atoms with Crippen LogP contribution in [0.1, 0.15) is 72.6 Å². The summed E-state index contributed by atoms with van der Waals surface area (Å²) in [6.45, 7) is 10.1. The smallest absolute Gasteiger partial charge is 0.248 e. The van der Waals surface area contributed by atoms with E-state index in [2.05, 4.69) is 27.7 Å². The number of alkyl halides is 2. The van der Waals surface area contributed by atoms with E-state index in [0.717, 1.165) is 25.9 Å². The van der Waals surface area contributed by atoms with Crippen LogP contribution in [0.15, 0.2) is 0 Å². The van der Waals surface area contributed by atoms with Crippen molar-refractivity contribution in [2.75, 3.05) is 6.61 Å². The van der Waals surface area contributed by atoms with Crippen LogP contribution in [-0.4, -0.2) is 18.6 Å². The minimum Gasteiger partial charge on any atom is -0.378 e. The highest BCUT2D eigenvalue weighted by molar-refractivity contribution is 4.87. The SMILES string of the molecule is CC(CC1CC(C)(C(C)C)CCO1)C1CCC(F)(F)CC1. The molecule has 2 aliphatic rings. The number of halogens is 2. The van der Waals surface area contributed by atoms with Gasteiger partial charge in [0.25, 0.3) is 0 Å². The monoisotopic (exact) mass is 302 g/mol. The minimum absolute atomic E-state index is 0.0806. The van der Waals surface area contributed by atoms with E-state index in [-0.39, 0.29) is 12.8 Å². The third-order valence-electron chi connectivity index (χ3n) is 6.32. The Morgan fingerprint density at radius 3 is 2.29 bits per heavy atom. The lowest BCUT2D eigenvalue weighted by Crippen LogP contribution is -2.38. The average molecular weight is 302 g/mol. The van der Waals surface area contributed by atoms with Crippen LogP contribution in [0.3, 0.4) is 0 Å². The molecule has 0 aromatic heterocycles. The molecule has 0 radical (unpaired) electrons. The lowest BCUT2D eigenvalue weighted by Gasteiger charge is -2.43. The Morgan fingerprint density at radius 2 is 1.71 bits per heavy atom. The van der Waals surface area contributed by atoms with Crippen molar-refractivity contribution in [1.82, 2.24) is 0 Å². The average Bonchev–Trinajstić information content (AvgIpc) is 2.38. The summed E-state index contributed by atoms with van der Waals surface area (Å²) < 4.78 is 32.5. The van der Waals surface area contributed by atoms with Gasteiger partial charge < -0.3 is 4.74 Å². The maximum Gasteiger partial charge on any atom is 0.248 e. The van der Waals surface area contributed by atoms with Crippen LogP contribution in [0.2, 0.25) is 0 Å². The molecule has 0 spiro atoms. The normalized spacial score (nSPS) is 35.9. The molecule has 3 heteroatoms. The molecule has 0 N–H and O–H groups in total. The van der Waals surface area contributed by atoms with Crippen molar-refractivity contribution in [2.24, 2.45) is 23.2 Å². The highest BCUT2D eigenvalue weighted by Gasteiger charge is 2.39. The van der Waals surface area contributed by atoms with Crippen molar-refractivity contribution < 1.29 is 13.5 Å². The molecule has 3 unspecified atom stereocenters. The van der Waals surface area contributed by atoms with E-state index in [1.165, 1.54) is 0 Å². The lowest BCUT2D eigenvalue weighted by atomic mass is 9.69. The van der Waals surface area contributed by atoms with Crippen molar-refractivity contribution in [3.8, 4) is 0 Å². The van der Waals surface area contributed by atoms with Gasteiger partial charge in [0.15, 0.2) is 0 Å². The predicted octanol–water partition coefficient (Wildman–Crippen LogP) is 5.68. The largest absolute Gasteiger partial charge is 0.378 e. The molecule has 1 aliphatic carbocycles. The quantitative estimate of drug-likeness (QED) is 0.649. The van der Waals surface area contributed by atoms with E-state index in [0.29, 0.717) is 42.1 Å². The highest BCUT2D eigenvalue weighted by Crippen LogP contribution is 2.44. The zero-order valence-electron chi connectivity index (χ0n) is 14.1. The van der Waals surface area contributed by atoms with E-state index in [9.17, 15) is 8.78 Å². The third-order valence-corrected chi connectivity index (χ3v) is 6.32. The Labute approximate surface area is 128 Å². The van der Waals surface area contributed by atoms with Crippen LogP contribution >= 0.6 is 0 Å². The molecule has 1 aliphatic heterocycles. The summed E-state index contributed by atoms with van der Waals surface area (Å²) >= 11 is 0. The molecule has 1 nitrogen and oxygen atoms in total. The van der Waals surface area contributed by atoms with E-state index in [4.69, 9.17) is 4.74 Å². The first-order valence-corrected chi connectivity index (χ1v) is 8.71. The summed E-state index contributed by atoms with van der Waals surface area (Å²) in [5, 5.41) is 0.